The van der Waals surface area contributed by atoms with E-state index < -0.39 is 10.0 Å². The second kappa shape index (κ2) is 9.50. The third-order valence-electron chi connectivity index (χ3n) is 4.72. The monoisotopic (exact) mass is 397 g/mol. The smallest absolute Gasteiger partial charge is 0.224 e. The van der Waals surface area contributed by atoms with E-state index in [2.05, 4.69) is 10.2 Å². The first-order valence-electron chi connectivity index (χ1n) is 9.28. The van der Waals surface area contributed by atoms with Crippen LogP contribution in [0, 0.1) is 0 Å². The van der Waals surface area contributed by atoms with Gasteiger partial charge in [-0.15, -0.1) is 0 Å². The first-order valence-corrected chi connectivity index (χ1v) is 10.9. The number of morpholine rings is 2. The Balaban J connectivity index is 1.42. The molecule has 1 N–H and O–H groups in total. The fourth-order valence-corrected chi connectivity index (χ4v) is 4.49. The van der Waals surface area contributed by atoms with Gasteiger partial charge in [0.05, 0.1) is 38.6 Å². The summed E-state index contributed by atoms with van der Waals surface area (Å²) in [4.78, 5) is 14.3. The molecule has 2 aliphatic rings. The van der Waals surface area contributed by atoms with Crippen molar-refractivity contribution in [2.75, 3.05) is 69.8 Å². The normalized spacial score (nSPS) is 19.0. The Bertz CT molecular complexity index is 711. The van der Waals surface area contributed by atoms with Gasteiger partial charge in [0, 0.05) is 38.4 Å². The number of amides is 1. The first-order chi connectivity index (χ1) is 13.0. The van der Waals surface area contributed by atoms with Crippen LogP contribution in [0.1, 0.15) is 5.56 Å². The highest BCUT2D eigenvalue weighted by Gasteiger charge is 2.23. The van der Waals surface area contributed by atoms with Crippen molar-refractivity contribution in [1.82, 2.24) is 9.62 Å². The van der Waals surface area contributed by atoms with E-state index in [0.717, 1.165) is 37.6 Å². The molecule has 2 heterocycles. The van der Waals surface area contributed by atoms with Crippen molar-refractivity contribution in [2.24, 2.45) is 0 Å². The molecule has 2 aliphatic heterocycles. The van der Waals surface area contributed by atoms with Gasteiger partial charge in [0.1, 0.15) is 0 Å². The number of sulfonamides is 1. The van der Waals surface area contributed by atoms with Crippen molar-refractivity contribution in [3.05, 3.63) is 29.8 Å². The summed E-state index contributed by atoms with van der Waals surface area (Å²) < 4.78 is 36.4. The van der Waals surface area contributed by atoms with Crippen LogP contribution in [0.2, 0.25) is 0 Å². The molecule has 0 atom stereocenters. The van der Waals surface area contributed by atoms with Crippen molar-refractivity contribution in [3.8, 4) is 0 Å². The molecule has 3 rings (SSSR count). The minimum atomic E-state index is -3.35. The largest absolute Gasteiger partial charge is 0.379 e. The second-order valence-corrected chi connectivity index (χ2v) is 8.71. The van der Waals surface area contributed by atoms with Crippen LogP contribution in [-0.2, 0) is 30.7 Å². The van der Waals surface area contributed by atoms with Gasteiger partial charge in [-0.05, 0) is 17.7 Å². The minimum Gasteiger partial charge on any atom is -0.379 e. The Morgan fingerprint density at radius 2 is 1.56 bits per heavy atom. The Labute approximate surface area is 160 Å². The Hall–Kier alpha value is -1.68. The van der Waals surface area contributed by atoms with Gasteiger partial charge in [-0.25, -0.2) is 8.42 Å². The van der Waals surface area contributed by atoms with Crippen LogP contribution in [0.15, 0.2) is 24.3 Å². The molecule has 1 aromatic carbocycles. The molecule has 9 heteroatoms. The lowest BCUT2D eigenvalue weighted by atomic mass is 10.1. The number of carbonyl (C=O) groups excluding carboxylic acids is 1. The van der Waals surface area contributed by atoms with Gasteiger partial charge >= 0.3 is 0 Å². The molecule has 0 aliphatic carbocycles. The summed E-state index contributed by atoms with van der Waals surface area (Å²) in [6.07, 6.45) is 0.237. The molecule has 2 fully saturated rings. The molecule has 0 radical (unpaired) electrons. The van der Waals surface area contributed by atoms with Crippen molar-refractivity contribution in [1.29, 1.82) is 0 Å². The average molecular weight is 397 g/mol. The third kappa shape index (κ3) is 5.90. The van der Waals surface area contributed by atoms with Gasteiger partial charge in [0.2, 0.25) is 15.9 Å². The number of ether oxygens (including phenoxy) is 2. The summed E-state index contributed by atoms with van der Waals surface area (Å²) >= 11 is 0. The predicted octanol–water partition coefficient (Wildman–Crippen LogP) is -0.156. The van der Waals surface area contributed by atoms with Crippen molar-refractivity contribution < 1.29 is 22.7 Å². The van der Waals surface area contributed by atoms with Crippen LogP contribution in [0.4, 0.5) is 5.69 Å². The zero-order chi connectivity index (χ0) is 19.1. The average Bonchev–Trinajstić information content (AvgIpc) is 2.70. The molecule has 0 unspecified atom stereocenters. The third-order valence-corrected chi connectivity index (χ3v) is 6.59. The maximum absolute atomic E-state index is 12.2. The summed E-state index contributed by atoms with van der Waals surface area (Å²) in [5, 5.41) is 2.70. The molecule has 1 amide bonds. The zero-order valence-corrected chi connectivity index (χ0v) is 16.2. The van der Waals surface area contributed by atoms with Crippen LogP contribution in [0.25, 0.3) is 0 Å². The van der Waals surface area contributed by atoms with Crippen LogP contribution in [0.3, 0.4) is 0 Å². The highest BCUT2D eigenvalue weighted by molar-refractivity contribution is 7.89. The number of benzene rings is 1. The summed E-state index contributed by atoms with van der Waals surface area (Å²) in [5.41, 5.74) is 2.03. The van der Waals surface area contributed by atoms with Crippen LogP contribution in [-0.4, -0.2) is 83.5 Å². The predicted molar refractivity (Wildman–Crippen MR) is 102 cm³/mol. The number of carbonyl (C=O) groups is 1. The topological polar surface area (TPSA) is 88.2 Å². The first kappa shape index (κ1) is 20.1. The number of hydrogen-bond donors (Lipinski definition) is 1. The summed E-state index contributed by atoms with van der Waals surface area (Å²) in [6.45, 7) is 4.93. The van der Waals surface area contributed by atoms with E-state index in [1.165, 1.54) is 4.31 Å². The molecule has 1 aromatic rings. The summed E-state index contributed by atoms with van der Waals surface area (Å²) in [6, 6.07) is 7.90. The quantitative estimate of drug-likeness (QED) is 0.688. The highest BCUT2D eigenvalue weighted by atomic mass is 32.2. The molecular formula is C18H27N3O5S. The van der Waals surface area contributed by atoms with E-state index >= 15 is 0 Å². The van der Waals surface area contributed by atoms with E-state index in [-0.39, 0.29) is 24.6 Å². The van der Waals surface area contributed by atoms with E-state index in [1.54, 1.807) is 0 Å². The zero-order valence-electron chi connectivity index (χ0n) is 15.4. The molecule has 150 valence electrons. The Kier molecular flexibility index (Phi) is 7.06. The second-order valence-electron chi connectivity index (χ2n) is 6.62. The van der Waals surface area contributed by atoms with Gasteiger partial charge in [0.25, 0.3) is 0 Å². The highest BCUT2D eigenvalue weighted by Crippen LogP contribution is 2.17. The van der Waals surface area contributed by atoms with Gasteiger partial charge < -0.3 is 19.7 Å². The lowest BCUT2D eigenvalue weighted by Gasteiger charge is -2.28. The van der Waals surface area contributed by atoms with Crippen LogP contribution in [0.5, 0.6) is 0 Å². The van der Waals surface area contributed by atoms with E-state index in [4.69, 9.17) is 9.47 Å². The molecule has 0 aromatic heterocycles. The van der Waals surface area contributed by atoms with Crippen molar-refractivity contribution >= 4 is 21.6 Å². The molecule has 27 heavy (non-hydrogen) atoms. The van der Waals surface area contributed by atoms with Crippen LogP contribution < -0.4 is 10.2 Å². The molecule has 0 bridgehead atoms. The number of nitrogens with zero attached hydrogens (tertiary/aromatic N) is 2. The van der Waals surface area contributed by atoms with Gasteiger partial charge in [-0.3, -0.25) is 4.79 Å². The molecule has 2 saturated heterocycles. The van der Waals surface area contributed by atoms with Crippen molar-refractivity contribution in [2.45, 2.75) is 6.42 Å². The standard InChI is InChI=1S/C18H27N3O5S/c22-18(19-5-14-27(23,24)21-8-12-26-13-9-21)15-16-1-3-17(4-2-16)20-6-10-25-11-7-20/h1-4H,5-15H2,(H,19,22). The lowest BCUT2D eigenvalue weighted by Crippen LogP contribution is -2.43. The maximum atomic E-state index is 12.2. The SMILES string of the molecule is O=C(Cc1ccc(N2CCOCC2)cc1)NCCS(=O)(=O)N1CCOCC1. The molecule has 8 nitrogen and oxygen atoms in total. The number of anilines is 1. The van der Waals surface area contributed by atoms with E-state index in [9.17, 15) is 13.2 Å². The Morgan fingerprint density at radius 3 is 2.19 bits per heavy atom. The van der Waals surface area contributed by atoms with E-state index in [1.807, 2.05) is 24.3 Å². The van der Waals surface area contributed by atoms with Gasteiger partial charge in [-0.1, -0.05) is 12.1 Å². The van der Waals surface area contributed by atoms with E-state index in [0.29, 0.717) is 26.3 Å². The fourth-order valence-electron chi connectivity index (χ4n) is 3.17. The molecule has 0 spiro atoms. The molecular weight excluding hydrogens is 370 g/mol. The molecule has 0 saturated carbocycles. The number of rotatable bonds is 7. The van der Waals surface area contributed by atoms with Gasteiger partial charge in [0.15, 0.2) is 0 Å². The van der Waals surface area contributed by atoms with Gasteiger partial charge in [-0.2, -0.15) is 4.31 Å². The Morgan fingerprint density at radius 1 is 0.963 bits per heavy atom. The lowest BCUT2D eigenvalue weighted by molar-refractivity contribution is -0.120. The van der Waals surface area contributed by atoms with Crippen molar-refractivity contribution in [3.63, 3.8) is 0 Å². The van der Waals surface area contributed by atoms with Crippen LogP contribution >= 0.6 is 0 Å². The summed E-state index contributed by atoms with van der Waals surface area (Å²) in [5.74, 6) is -0.263. The maximum Gasteiger partial charge on any atom is 0.224 e. The number of nitrogens with one attached hydrogen (secondary N) is 1. The minimum absolute atomic E-state index is 0.0886. The number of hydrogen-bond acceptors (Lipinski definition) is 6. The summed E-state index contributed by atoms with van der Waals surface area (Å²) in [7, 11) is -3.35. The fraction of sp³-hybridized carbons (Fsp3) is 0.611.